The molecule has 0 saturated carbocycles. The Hall–Kier alpha value is -1.73. The van der Waals surface area contributed by atoms with Gasteiger partial charge in [-0.25, -0.2) is 9.67 Å². The monoisotopic (exact) mass is 340 g/mol. The Morgan fingerprint density at radius 2 is 2.27 bits per heavy atom. The molecule has 0 spiro atoms. The average Bonchev–Trinajstić information content (AvgIpc) is 2.89. The molecule has 0 bridgehead atoms. The van der Waals surface area contributed by atoms with Gasteiger partial charge in [-0.15, -0.1) is 0 Å². The van der Waals surface area contributed by atoms with Crippen LogP contribution in [0.25, 0.3) is 5.69 Å². The molecule has 22 heavy (non-hydrogen) atoms. The highest BCUT2D eigenvalue weighted by atomic mass is 35.5. The van der Waals surface area contributed by atoms with Crippen LogP contribution in [0.2, 0.25) is 5.02 Å². The van der Waals surface area contributed by atoms with Crippen LogP contribution in [0, 0.1) is 0 Å². The summed E-state index contributed by atoms with van der Waals surface area (Å²) in [5.74, 6) is 1.24. The van der Waals surface area contributed by atoms with E-state index in [0.29, 0.717) is 28.1 Å². The minimum Gasteiger partial charge on any atom is -0.494 e. The van der Waals surface area contributed by atoms with Crippen LogP contribution in [0.1, 0.15) is 23.8 Å². The van der Waals surface area contributed by atoms with E-state index in [1.54, 1.807) is 41.8 Å². The Morgan fingerprint density at radius 1 is 1.55 bits per heavy atom. The van der Waals surface area contributed by atoms with E-state index in [0.717, 1.165) is 0 Å². The van der Waals surface area contributed by atoms with Crippen molar-refractivity contribution in [2.45, 2.75) is 18.6 Å². The molecular formula is C14H17ClN4O2S. The second kappa shape index (κ2) is 7.02. The van der Waals surface area contributed by atoms with Crippen LogP contribution in [0.4, 0.5) is 0 Å². The lowest BCUT2D eigenvalue weighted by atomic mass is 10.3. The fourth-order valence-corrected chi connectivity index (χ4v) is 2.50. The number of aromatic nitrogens is 3. The SMILES string of the molecule is COc1ccc(Cl)cc1-n1nc(CC(N)=O)nc1[C@@H](C)SC. The Balaban J connectivity index is 2.59. The maximum absolute atomic E-state index is 11.1. The van der Waals surface area contributed by atoms with Crippen molar-refractivity contribution in [2.75, 3.05) is 13.4 Å². The van der Waals surface area contributed by atoms with Crippen LogP contribution >= 0.6 is 23.4 Å². The number of hydrogen-bond acceptors (Lipinski definition) is 5. The van der Waals surface area contributed by atoms with Gasteiger partial charge in [0.25, 0.3) is 0 Å². The van der Waals surface area contributed by atoms with Gasteiger partial charge in [-0.3, -0.25) is 4.79 Å². The summed E-state index contributed by atoms with van der Waals surface area (Å²) < 4.78 is 7.02. The van der Waals surface area contributed by atoms with Crippen molar-refractivity contribution in [3.8, 4) is 11.4 Å². The molecule has 1 aromatic heterocycles. The molecular weight excluding hydrogens is 324 g/mol. The number of thioether (sulfide) groups is 1. The van der Waals surface area contributed by atoms with Gasteiger partial charge < -0.3 is 10.5 Å². The summed E-state index contributed by atoms with van der Waals surface area (Å²) in [6.07, 6.45) is 1.97. The summed E-state index contributed by atoms with van der Waals surface area (Å²) in [7, 11) is 1.58. The first-order valence-corrected chi connectivity index (χ1v) is 8.23. The predicted molar refractivity (Wildman–Crippen MR) is 87.7 cm³/mol. The predicted octanol–water partition coefficient (Wildman–Crippen LogP) is 2.38. The van der Waals surface area contributed by atoms with Crippen molar-refractivity contribution >= 4 is 29.3 Å². The van der Waals surface area contributed by atoms with Crippen LogP contribution in [-0.4, -0.2) is 34.0 Å². The van der Waals surface area contributed by atoms with Gasteiger partial charge in [0.2, 0.25) is 5.91 Å². The van der Waals surface area contributed by atoms with Crippen LogP contribution in [0.5, 0.6) is 5.75 Å². The number of carbonyl (C=O) groups is 1. The van der Waals surface area contributed by atoms with Crippen LogP contribution < -0.4 is 10.5 Å². The molecule has 0 aliphatic heterocycles. The molecule has 0 aliphatic rings. The largest absolute Gasteiger partial charge is 0.494 e. The molecule has 0 aliphatic carbocycles. The summed E-state index contributed by atoms with van der Waals surface area (Å²) in [6.45, 7) is 2.01. The van der Waals surface area contributed by atoms with Crippen molar-refractivity contribution in [2.24, 2.45) is 5.73 Å². The molecule has 2 rings (SSSR count). The molecule has 118 valence electrons. The molecule has 8 heteroatoms. The van der Waals surface area contributed by atoms with E-state index in [1.165, 1.54) is 0 Å². The molecule has 6 nitrogen and oxygen atoms in total. The zero-order valence-electron chi connectivity index (χ0n) is 12.5. The van der Waals surface area contributed by atoms with E-state index in [1.807, 2.05) is 13.2 Å². The summed E-state index contributed by atoms with van der Waals surface area (Å²) in [4.78, 5) is 15.6. The highest BCUT2D eigenvalue weighted by Gasteiger charge is 2.20. The lowest BCUT2D eigenvalue weighted by molar-refractivity contribution is -0.117. The third-order valence-electron chi connectivity index (χ3n) is 3.09. The van der Waals surface area contributed by atoms with E-state index in [9.17, 15) is 4.79 Å². The lowest BCUT2D eigenvalue weighted by Crippen LogP contribution is -2.14. The zero-order valence-corrected chi connectivity index (χ0v) is 14.1. The van der Waals surface area contributed by atoms with E-state index in [4.69, 9.17) is 22.1 Å². The van der Waals surface area contributed by atoms with Crippen LogP contribution in [0.3, 0.4) is 0 Å². The second-order valence-corrected chi connectivity index (χ2v) is 6.25. The minimum absolute atomic E-state index is 0.00994. The Bertz CT molecular complexity index is 689. The number of nitrogens with zero attached hydrogens (tertiary/aromatic N) is 3. The lowest BCUT2D eigenvalue weighted by Gasteiger charge is -2.13. The van der Waals surface area contributed by atoms with Gasteiger partial charge in [0.1, 0.15) is 17.3 Å². The number of halogens is 1. The van der Waals surface area contributed by atoms with Gasteiger partial charge in [0.15, 0.2) is 5.82 Å². The minimum atomic E-state index is -0.474. The number of amides is 1. The van der Waals surface area contributed by atoms with E-state index < -0.39 is 5.91 Å². The van der Waals surface area contributed by atoms with Gasteiger partial charge in [-0.05, 0) is 31.4 Å². The Morgan fingerprint density at radius 3 is 2.86 bits per heavy atom. The van der Waals surface area contributed by atoms with Crippen LogP contribution in [0.15, 0.2) is 18.2 Å². The number of carbonyl (C=O) groups excluding carboxylic acids is 1. The third kappa shape index (κ3) is 3.53. The standard InChI is InChI=1S/C14H17ClN4O2S/c1-8(22-3)14-17-13(7-12(16)20)18-19(14)10-6-9(15)4-5-11(10)21-2/h4-6,8H,7H2,1-3H3,(H2,16,20)/t8-/m1/s1. The van der Waals surface area contributed by atoms with Crippen molar-refractivity contribution in [3.05, 3.63) is 34.9 Å². The highest BCUT2D eigenvalue weighted by Crippen LogP contribution is 2.31. The first kappa shape index (κ1) is 16.6. The number of benzene rings is 1. The summed E-state index contributed by atoms with van der Waals surface area (Å²) >= 11 is 7.71. The van der Waals surface area contributed by atoms with E-state index in [-0.39, 0.29) is 11.7 Å². The Kier molecular flexibility index (Phi) is 5.31. The summed E-state index contributed by atoms with van der Waals surface area (Å²) in [5.41, 5.74) is 5.91. The van der Waals surface area contributed by atoms with Gasteiger partial charge in [-0.2, -0.15) is 16.9 Å². The molecule has 1 heterocycles. The molecule has 0 fully saturated rings. The number of ether oxygens (including phenoxy) is 1. The molecule has 0 saturated heterocycles. The first-order valence-electron chi connectivity index (χ1n) is 6.57. The fraction of sp³-hybridized carbons (Fsp3) is 0.357. The molecule has 1 atom stereocenters. The van der Waals surface area contributed by atoms with Gasteiger partial charge in [-0.1, -0.05) is 11.6 Å². The quantitative estimate of drug-likeness (QED) is 0.872. The maximum atomic E-state index is 11.1. The number of primary amides is 1. The van der Waals surface area contributed by atoms with Crippen molar-refractivity contribution in [1.29, 1.82) is 0 Å². The molecule has 0 radical (unpaired) electrons. The third-order valence-corrected chi connectivity index (χ3v) is 4.25. The zero-order chi connectivity index (χ0) is 16.3. The van der Waals surface area contributed by atoms with Crippen molar-refractivity contribution in [3.63, 3.8) is 0 Å². The molecule has 1 amide bonds. The first-order chi connectivity index (χ1) is 10.5. The topological polar surface area (TPSA) is 83.0 Å². The molecule has 0 unspecified atom stereocenters. The molecule has 2 N–H and O–H groups in total. The van der Waals surface area contributed by atoms with E-state index >= 15 is 0 Å². The number of hydrogen-bond donors (Lipinski definition) is 1. The van der Waals surface area contributed by atoms with Crippen molar-refractivity contribution < 1.29 is 9.53 Å². The second-order valence-electron chi connectivity index (χ2n) is 4.64. The van der Waals surface area contributed by atoms with E-state index in [2.05, 4.69) is 10.1 Å². The fourth-order valence-electron chi connectivity index (χ4n) is 1.97. The van der Waals surface area contributed by atoms with Gasteiger partial charge >= 0.3 is 0 Å². The number of nitrogens with two attached hydrogens (primary N) is 1. The van der Waals surface area contributed by atoms with Crippen LogP contribution in [-0.2, 0) is 11.2 Å². The maximum Gasteiger partial charge on any atom is 0.225 e. The van der Waals surface area contributed by atoms with Crippen molar-refractivity contribution in [1.82, 2.24) is 14.8 Å². The normalized spacial score (nSPS) is 12.2. The number of rotatable bonds is 6. The van der Waals surface area contributed by atoms with Gasteiger partial charge in [0, 0.05) is 5.02 Å². The number of methoxy groups -OCH3 is 1. The highest BCUT2D eigenvalue weighted by molar-refractivity contribution is 7.98. The average molecular weight is 341 g/mol. The molecule has 1 aromatic carbocycles. The Labute approximate surface area is 138 Å². The summed E-state index contributed by atoms with van der Waals surface area (Å²) in [6, 6.07) is 5.25. The smallest absolute Gasteiger partial charge is 0.225 e. The van der Waals surface area contributed by atoms with Gasteiger partial charge in [0.05, 0.1) is 18.8 Å². The molecule has 2 aromatic rings. The summed E-state index contributed by atoms with van der Waals surface area (Å²) in [5, 5.41) is 5.03.